The van der Waals surface area contributed by atoms with E-state index >= 15 is 0 Å². The quantitative estimate of drug-likeness (QED) is 0.585. The van der Waals surface area contributed by atoms with Crippen LogP contribution < -0.4 is 4.74 Å². The molecule has 1 aromatic carbocycles. The predicted octanol–water partition coefficient (Wildman–Crippen LogP) is 4.00. The number of fused-ring (bicyclic) bond motifs is 1. The van der Waals surface area contributed by atoms with Gasteiger partial charge in [0.25, 0.3) is 0 Å². The van der Waals surface area contributed by atoms with E-state index in [1.54, 1.807) is 0 Å². The summed E-state index contributed by atoms with van der Waals surface area (Å²) in [5.74, 6) is 1.70. The monoisotopic (exact) mass is 256 g/mol. The highest BCUT2D eigenvalue weighted by Crippen LogP contribution is 2.33. The number of rotatable bonds is 4. The van der Waals surface area contributed by atoms with E-state index in [0.717, 1.165) is 36.6 Å². The van der Waals surface area contributed by atoms with Crippen molar-refractivity contribution in [1.82, 2.24) is 0 Å². The molecule has 0 amide bonds. The number of ether oxygens (including phenoxy) is 1. The molecule has 1 aliphatic rings. The molecule has 0 aliphatic carbocycles. The summed E-state index contributed by atoms with van der Waals surface area (Å²) >= 11 is 11.7. The molecule has 86 valence electrons. The third-order valence-corrected chi connectivity index (χ3v) is 3.04. The topological polar surface area (TPSA) is 9.23 Å². The van der Waals surface area contributed by atoms with Crippen LogP contribution in [0.3, 0.4) is 0 Å². The first-order valence-corrected chi connectivity index (χ1v) is 6.37. The Morgan fingerprint density at radius 1 is 1.31 bits per heavy atom. The van der Waals surface area contributed by atoms with Crippen molar-refractivity contribution in [3.05, 3.63) is 40.4 Å². The fourth-order valence-corrected chi connectivity index (χ4v) is 2.28. The van der Waals surface area contributed by atoms with Crippen LogP contribution in [0.5, 0.6) is 5.75 Å². The molecule has 1 heterocycles. The van der Waals surface area contributed by atoms with Crippen molar-refractivity contribution < 1.29 is 4.74 Å². The normalized spacial score (nSPS) is 14.1. The van der Waals surface area contributed by atoms with Gasteiger partial charge in [-0.25, -0.2) is 0 Å². The van der Waals surface area contributed by atoms with E-state index < -0.39 is 0 Å². The van der Waals surface area contributed by atoms with Crippen LogP contribution in [0.2, 0.25) is 5.02 Å². The molecule has 0 N–H and O–H groups in total. The predicted molar refractivity (Wildman–Crippen MR) is 68.8 cm³/mol. The van der Waals surface area contributed by atoms with Crippen molar-refractivity contribution in [3.63, 3.8) is 0 Å². The number of hydrogen-bond donors (Lipinski definition) is 0. The SMILES string of the molecule is ClCC/C=C/Cc1cc(Cl)cc2c1OCC2. The minimum absolute atomic E-state index is 0.667. The van der Waals surface area contributed by atoms with Crippen molar-refractivity contribution in [2.24, 2.45) is 0 Å². The largest absolute Gasteiger partial charge is 0.493 e. The summed E-state index contributed by atoms with van der Waals surface area (Å²) in [5.41, 5.74) is 2.40. The van der Waals surface area contributed by atoms with Gasteiger partial charge in [-0.05, 0) is 36.1 Å². The molecular weight excluding hydrogens is 243 g/mol. The Morgan fingerprint density at radius 3 is 3.00 bits per heavy atom. The highest BCUT2D eigenvalue weighted by molar-refractivity contribution is 6.30. The summed E-state index contributed by atoms with van der Waals surface area (Å²) in [6, 6.07) is 3.98. The highest BCUT2D eigenvalue weighted by atomic mass is 35.5. The molecule has 16 heavy (non-hydrogen) atoms. The Hall–Kier alpha value is -0.660. The van der Waals surface area contributed by atoms with E-state index in [1.165, 1.54) is 11.1 Å². The van der Waals surface area contributed by atoms with Gasteiger partial charge in [-0.2, -0.15) is 0 Å². The van der Waals surface area contributed by atoms with E-state index in [9.17, 15) is 0 Å². The van der Waals surface area contributed by atoms with Gasteiger partial charge in [-0.15, -0.1) is 11.6 Å². The van der Waals surface area contributed by atoms with Crippen molar-refractivity contribution in [2.75, 3.05) is 12.5 Å². The summed E-state index contributed by atoms with van der Waals surface area (Å²) in [7, 11) is 0. The summed E-state index contributed by atoms with van der Waals surface area (Å²) in [6.07, 6.45) is 6.95. The maximum Gasteiger partial charge on any atom is 0.126 e. The molecule has 1 aromatic rings. The van der Waals surface area contributed by atoms with Gasteiger partial charge in [0.1, 0.15) is 5.75 Å². The number of benzene rings is 1. The minimum Gasteiger partial charge on any atom is -0.493 e. The van der Waals surface area contributed by atoms with Gasteiger partial charge in [0, 0.05) is 17.3 Å². The van der Waals surface area contributed by atoms with Crippen molar-refractivity contribution in [3.8, 4) is 5.75 Å². The fraction of sp³-hybridized carbons (Fsp3) is 0.385. The Labute approximate surface area is 106 Å². The molecule has 0 saturated carbocycles. The van der Waals surface area contributed by atoms with Crippen LogP contribution in [0.15, 0.2) is 24.3 Å². The lowest BCUT2D eigenvalue weighted by atomic mass is 10.1. The van der Waals surface area contributed by atoms with E-state index in [4.69, 9.17) is 27.9 Å². The molecule has 0 fully saturated rings. The molecule has 0 saturated heterocycles. The smallest absolute Gasteiger partial charge is 0.126 e. The molecule has 3 heteroatoms. The van der Waals surface area contributed by atoms with Crippen LogP contribution >= 0.6 is 23.2 Å². The molecular formula is C13H14Cl2O. The summed E-state index contributed by atoms with van der Waals surface area (Å²) < 4.78 is 5.62. The average Bonchev–Trinajstić information content (AvgIpc) is 2.72. The van der Waals surface area contributed by atoms with Gasteiger partial charge in [0.15, 0.2) is 0 Å². The van der Waals surface area contributed by atoms with Crippen LogP contribution in [-0.4, -0.2) is 12.5 Å². The lowest BCUT2D eigenvalue weighted by molar-refractivity contribution is 0.354. The van der Waals surface area contributed by atoms with E-state index in [-0.39, 0.29) is 0 Å². The third-order valence-electron chi connectivity index (χ3n) is 2.61. The van der Waals surface area contributed by atoms with Gasteiger partial charge in [-0.3, -0.25) is 0 Å². The summed E-state index contributed by atoms with van der Waals surface area (Å²) in [6.45, 7) is 0.772. The lowest BCUT2D eigenvalue weighted by Gasteiger charge is -2.06. The van der Waals surface area contributed by atoms with Crippen LogP contribution in [-0.2, 0) is 12.8 Å². The van der Waals surface area contributed by atoms with Gasteiger partial charge in [0.2, 0.25) is 0 Å². The Morgan fingerprint density at radius 2 is 2.19 bits per heavy atom. The van der Waals surface area contributed by atoms with Crippen molar-refractivity contribution >= 4 is 23.2 Å². The first-order valence-electron chi connectivity index (χ1n) is 5.46. The number of alkyl halides is 1. The van der Waals surface area contributed by atoms with Gasteiger partial charge in [0.05, 0.1) is 6.61 Å². The third kappa shape index (κ3) is 2.72. The lowest BCUT2D eigenvalue weighted by Crippen LogP contribution is -1.91. The molecule has 2 rings (SSSR count). The Balaban J connectivity index is 2.14. The summed E-state index contributed by atoms with van der Waals surface area (Å²) in [5, 5.41) is 0.796. The maximum atomic E-state index is 6.07. The van der Waals surface area contributed by atoms with Crippen molar-refractivity contribution in [1.29, 1.82) is 0 Å². The second kappa shape index (κ2) is 5.60. The molecule has 0 spiro atoms. The number of hydrogen-bond acceptors (Lipinski definition) is 1. The first-order chi connectivity index (χ1) is 7.81. The number of allylic oxidation sites excluding steroid dienone is 2. The van der Waals surface area contributed by atoms with E-state index in [1.807, 2.05) is 12.1 Å². The van der Waals surface area contributed by atoms with E-state index in [2.05, 4.69) is 12.2 Å². The standard InChI is InChI=1S/C13H14Cl2O/c14-6-3-1-2-4-10-8-12(15)9-11-5-7-16-13(10)11/h1-2,8-9H,3-7H2/b2-1+. The highest BCUT2D eigenvalue weighted by Gasteiger charge is 2.16. The zero-order valence-corrected chi connectivity index (χ0v) is 10.5. The number of halogens is 2. The molecule has 0 unspecified atom stereocenters. The fourth-order valence-electron chi connectivity index (χ4n) is 1.89. The first kappa shape index (κ1) is 11.8. The van der Waals surface area contributed by atoms with Crippen LogP contribution in [0.4, 0.5) is 0 Å². The zero-order valence-electron chi connectivity index (χ0n) is 9.01. The molecule has 0 aromatic heterocycles. The Bertz CT molecular complexity index is 399. The van der Waals surface area contributed by atoms with Crippen LogP contribution in [0.1, 0.15) is 17.5 Å². The zero-order chi connectivity index (χ0) is 11.4. The molecule has 0 radical (unpaired) electrons. The molecule has 1 aliphatic heterocycles. The minimum atomic E-state index is 0.667. The van der Waals surface area contributed by atoms with E-state index in [0.29, 0.717) is 5.88 Å². The second-order valence-corrected chi connectivity index (χ2v) is 4.62. The van der Waals surface area contributed by atoms with Gasteiger partial charge < -0.3 is 4.74 Å². The summed E-state index contributed by atoms with van der Waals surface area (Å²) in [4.78, 5) is 0. The van der Waals surface area contributed by atoms with Gasteiger partial charge in [-0.1, -0.05) is 23.8 Å². The van der Waals surface area contributed by atoms with Crippen LogP contribution in [0.25, 0.3) is 0 Å². The van der Waals surface area contributed by atoms with Crippen LogP contribution in [0, 0.1) is 0 Å². The molecule has 1 nitrogen and oxygen atoms in total. The second-order valence-electron chi connectivity index (χ2n) is 3.80. The average molecular weight is 257 g/mol. The van der Waals surface area contributed by atoms with Crippen molar-refractivity contribution in [2.45, 2.75) is 19.3 Å². The Kier molecular flexibility index (Phi) is 4.14. The maximum absolute atomic E-state index is 6.07. The van der Waals surface area contributed by atoms with Gasteiger partial charge >= 0.3 is 0 Å². The molecule has 0 bridgehead atoms. The molecule has 0 atom stereocenters.